The van der Waals surface area contributed by atoms with Crippen LogP contribution in [0.3, 0.4) is 0 Å². The van der Waals surface area contributed by atoms with Crippen molar-refractivity contribution in [2.75, 3.05) is 0 Å². The topological polar surface area (TPSA) is 43.1 Å². The van der Waals surface area contributed by atoms with Gasteiger partial charge in [0, 0.05) is 38.8 Å². The molecule has 0 N–H and O–H groups in total. The van der Waals surface area contributed by atoms with Crippen LogP contribution in [0, 0.1) is 0 Å². The third-order valence-corrected chi connectivity index (χ3v) is 11.4. The highest BCUT2D eigenvalue weighted by Crippen LogP contribution is 2.42. The van der Waals surface area contributed by atoms with Crippen molar-refractivity contribution in [3.8, 4) is 89.8 Å². The van der Waals surface area contributed by atoms with E-state index < -0.39 is 0 Å². The number of aromatic nitrogens is 4. The molecule has 0 spiro atoms. The second-order valence-corrected chi connectivity index (χ2v) is 15.3. The SMILES string of the molecule is c1ccc(-c2cc(-c3ccccc3)cc(-c3cc(-c4ccc5cc(-c6ccccc6)n6nc(-c7ccccc7)c(-c7ccccc7)c6c5c4)nc(-c4ccccc4)n3)c2)cc1. The van der Waals surface area contributed by atoms with Crippen LogP contribution < -0.4 is 0 Å². The lowest BCUT2D eigenvalue weighted by Crippen LogP contribution is -1.98. The molecule has 0 aliphatic heterocycles. The van der Waals surface area contributed by atoms with E-state index in [0.717, 1.165) is 100 Å². The third-order valence-electron chi connectivity index (χ3n) is 11.4. The molecule has 8 aromatic carbocycles. The minimum atomic E-state index is 0.671. The van der Waals surface area contributed by atoms with Crippen LogP contribution in [-0.2, 0) is 0 Å². The zero-order valence-electron chi connectivity index (χ0n) is 33.2. The Labute approximate surface area is 354 Å². The summed E-state index contributed by atoms with van der Waals surface area (Å²) >= 11 is 0. The van der Waals surface area contributed by atoms with E-state index in [1.165, 1.54) is 0 Å². The summed E-state index contributed by atoms with van der Waals surface area (Å²) in [6, 6.07) is 81.0. The van der Waals surface area contributed by atoms with Gasteiger partial charge < -0.3 is 0 Å². The van der Waals surface area contributed by atoms with Crippen molar-refractivity contribution in [2.45, 2.75) is 0 Å². The van der Waals surface area contributed by atoms with Crippen LogP contribution in [0.15, 0.2) is 231 Å². The van der Waals surface area contributed by atoms with Gasteiger partial charge in [0.1, 0.15) is 5.69 Å². The monoisotopic (exact) mass is 778 g/mol. The number of rotatable bonds is 8. The second-order valence-electron chi connectivity index (χ2n) is 15.3. The highest BCUT2D eigenvalue weighted by Gasteiger charge is 2.22. The maximum absolute atomic E-state index is 5.45. The van der Waals surface area contributed by atoms with Gasteiger partial charge in [-0.15, -0.1) is 0 Å². The van der Waals surface area contributed by atoms with E-state index in [1.807, 2.05) is 18.2 Å². The fourth-order valence-electron chi connectivity index (χ4n) is 8.42. The van der Waals surface area contributed by atoms with E-state index in [-0.39, 0.29) is 0 Å². The van der Waals surface area contributed by atoms with Gasteiger partial charge in [0.05, 0.1) is 22.6 Å². The predicted octanol–water partition coefficient (Wildman–Crippen LogP) is 14.6. The molecule has 11 rings (SSSR count). The highest BCUT2D eigenvalue weighted by molar-refractivity contribution is 6.09. The fourth-order valence-corrected chi connectivity index (χ4v) is 8.42. The van der Waals surface area contributed by atoms with Gasteiger partial charge in [-0.2, -0.15) is 5.10 Å². The number of hydrogen-bond donors (Lipinski definition) is 0. The summed E-state index contributed by atoms with van der Waals surface area (Å²) in [6.07, 6.45) is 0. The normalized spacial score (nSPS) is 11.3. The molecule has 0 radical (unpaired) electrons. The van der Waals surface area contributed by atoms with E-state index in [4.69, 9.17) is 15.1 Å². The molecule has 0 saturated heterocycles. The van der Waals surface area contributed by atoms with Crippen LogP contribution in [0.2, 0.25) is 0 Å². The molecule has 61 heavy (non-hydrogen) atoms. The molecule has 4 nitrogen and oxygen atoms in total. The van der Waals surface area contributed by atoms with E-state index >= 15 is 0 Å². The van der Waals surface area contributed by atoms with Gasteiger partial charge in [-0.3, -0.25) is 0 Å². The smallest absolute Gasteiger partial charge is 0.160 e. The zero-order valence-corrected chi connectivity index (χ0v) is 33.2. The molecule has 0 aliphatic rings. The molecule has 0 aliphatic carbocycles. The van der Waals surface area contributed by atoms with Crippen molar-refractivity contribution in [3.63, 3.8) is 0 Å². The Balaban J connectivity index is 1.18. The summed E-state index contributed by atoms with van der Waals surface area (Å²) in [5, 5.41) is 7.66. The lowest BCUT2D eigenvalue weighted by Gasteiger charge is -2.14. The molecular weight excluding hydrogens is 741 g/mol. The van der Waals surface area contributed by atoms with Gasteiger partial charge in [-0.05, 0) is 69.6 Å². The Bertz CT molecular complexity index is 3250. The quantitative estimate of drug-likeness (QED) is 0.154. The number of benzene rings is 8. The minimum absolute atomic E-state index is 0.671. The van der Waals surface area contributed by atoms with Crippen LogP contribution in [0.5, 0.6) is 0 Å². The van der Waals surface area contributed by atoms with Crippen molar-refractivity contribution >= 4 is 16.3 Å². The predicted molar refractivity (Wildman–Crippen MR) is 252 cm³/mol. The fraction of sp³-hybridized carbons (Fsp3) is 0. The first-order valence-corrected chi connectivity index (χ1v) is 20.6. The van der Waals surface area contributed by atoms with Gasteiger partial charge in [0.15, 0.2) is 5.82 Å². The Morgan fingerprint density at radius 2 is 0.770 bits per heavy atom. The third kappa shape index (κ3) is 6.86. The largest absolute Gasteiger partial charge is 0.231 e. The van der Waals surface area contributed by atoms with E-state index in [9.17, 15) is 0 Å². The Morgan fingerprint density at radius 1 is 0.311 bits per heavy atom. The van der Waals surface area contributed by atoms with Crippen LogP contribution >= 0.6 is 0 Å². The molecule has 3 aromatic heterocycles. The van der Waals surface area contributed by atoms with Crippen molar-refractivity contribution in [1.82, 2.24) is 19.6 Å². The molecule has 0 saturated carbocycles. The van der Waals surface area contributed by atoms with Gasteiger partial charge in [-0.1, -0.05) is 194 Å². The molecule has 4 heteroatoms. The van der Waals surface area contributed by atoms with E-state index in [2.05, 4.69) is 217 Å². The van der Waals surface area contributed by atoms with Crippen molar-refractivity contribution in [3.05, 3.63) is 231 Å². The summed E-state index contributed by atoms with van der Waals surface area (Å²) in [7, 11) is 0. The Morgan fingerprint density at radius 3 is 1.33 bits per heavy atom. The summed E-state index contributed by atoms with van der Waals surface area (Å²) < 4.78 is 2.15. The van der Waals surface area contributed by atoms with Crippen LogP contribution in [0.4, 0.5) is 0 Å². The second kappa shape index (κ2) is 15.5. The summed E-state index contributed by atoms with van der Waals surface area (Å²) in [6.45, 7) is 0. The molecule has 286 valence electrons. The molecule has 0 fully saturated rings. The lowest BCUT2D eigenvalue weighted by molar-refractivity contribution is 0.979. The Kier molecular flexibility index (Phi) is 9.14. The van der Waals surface area contributed by atoms with Gasteiger partial charge in [0.25, 0.3) is 0 Å². The first-order valence-electron chi connectivity index (χ1n) is 20.6. The van der Waals surface area contributed by atoms with Crippen LogP contribution in [-0.4, -0.2) is 19.6 Å². The first kappa shape index (κ1) is 35.9. The van der Waals surface area contributed by atoms with Crippen molar-refractivity contribution in [1.29, 1.82) is 0 Å². The molecule has 0 unspecified atom stereocenters. The van der Waals surface area contributed by atoms with Crippen LogP contribution in [0.25, 0.3) is 106 Å². The van der Waals surface area contributed by atoms with E-state index in [0.29, 0.717) is 5.82 Å². The average molecular weight is 779 g/mol. The summed E-state index contributed by atoms with van der Waals surface area (Å²) in [4.78, 5) is 10.6. The molecule has 3 heterocycles. The molecule has 0 atom stereocenters. The lowest BCUT2D eigenvalue weighted by atomic mass is 9.94. The number of hydrogen-bond acceptors (Lipinski definition) is 3. The first-order chi connectivity index (χ1) is 30.2. The number of pyridine rings is 1. The molecule has 0 bridgehead atoms. The molecule has 0 amide bonds. The highest BCUT2D eigenvalue weighted by atomic mass is 15.2. The zero-order chi connectivity index (χ0) is 40.5. The Hall–Kier alpha value is -8.21. The average Bonchev–Trinajstić information content (AvgIpc) is 3.76. The van der Waals surface area contributed by atoms with E-state index in [1.54, 1.807) is 0 Å². The van der Waals surface area contributed by atoms with Gasteiger partial charge in [0.2, 0.25) is 0 Å². The number of fused-ring (bicyclic) bond motifs is 3. The van der Waals surface area contributed by atoms with Crippen LogP contribution in [0.1, 0.15) is 0 Å². The standard InChI is InChI=1S/C57H38N4/c1-7-19-39(20-8-1)47-33-48(40-21-9-2-10-22-40)35-49(34-47)52-38-51(58-57(59-52)44-29-17-6-18-30-44)46-32-31-45-37-53(41-23-11-3-12-24-41)61-56(50(45)36-46)54(42-25-13-4-14-26-42)55(60-61)43-27-15-5-16-28-43/h1-38H. The maximum Gasteiger partial charge on any atom is 0.160 e. The summed E-state index contributed by atoms with van der Waals surface area (Å²) in [5.74, 6) is 0.671. The van der Waals surface area contributed by atoms with Crippen molar-refractivity contribution < 1.29 is 0 Å². The molecular formula is C57H38N4. The number of nitrogens with zero attached hydrogens (tertiary/aromatic N) is 4. The van der Waals surface area contributed by atoms with Gasteiger partial charge in [-0.25, -0.2) is 14.5 Å². The maximum atomic E-state index is 5.45. The summed E-state index contributed by atoms with van der Waals surface area (Å²) in [5.41, 5.74) is 16.6. The van der Waals surface area contributed by atoms with Crippen molar-refractivity contribution in [2.24, 2.45) is 0 Å². The molecule has 11 aromatic rings. The van der Waals surface area contributed by atoms with Gasteiger partial charge >= 0.3 is 0 Å². The minimum Gasteiger partial charge on any atom is -0.231 e.